The van der Waals surface area contributed by atoms with Crippen molar-refractivity contribution in [1.82, 2.24) is 0 Å². The first-order valence-corrected chi connectivity index (χ1v) is 9.86. The zero-order chi connectivity index (χ0) is 18.6. The van der Waals surface area contributed by atoms with Gasteiger partial charge in [-0.1, -0.05) is 18.2 Å². The van der Waals surface area contributed by atoms with E-state index < -0.39 is 13.2 Å². The smallest absolute Gasteiger partial charge is 0.264 e. The molecule has 2 aromatic carbocycles. The normalized spacial score (nSPS) is 14.8. The van der Waals surface area contributed by atoms with Gasteiger partial charge in [-0.15, -0.1) is 0 Å². The molecule has 0 fully saturated rings. The molecule has 0 heterocycles. The van der Waals surface area contributed by atoms with Crippen LogP contribution in [0, 0.1) is 0 Å². The van der Waals surface area contributed by atoms with Gasteiger partial charge in [-0.05, 0) is 44.2 Å². The quantitative estimate of drug-likeness (QED) is 0.759. The van der Waals surface area contributed by atoms with Gasteiger partial charge >= 0.3 is 0 Å². The molecule has 136 valence electrons. The lowest BCUT2D eigenvalue weighted by Crippen LogP contribution is -2.18. The average molecular weight is 363 g/mol. The molecule has 5 nitrogen and oxygen atoms in total. The van der Waals surface area contributed by atoms with Gasteiger partial charge in [0.05, 0.1) is 13.2 Å². The molecule has 0 aromatic heterocycles. The largest absolute Gasteiger partial charge is 0.496 e. The van der Waals surface area contributed by atoms with E-state index in [-0.39, 0.29) is 6.10 Å². The van der Waals surface area contributed by atoms with Gasteiger partial charge in [0, 0.05) is 30.7 Å². The second kappa shape index (κ2) is 8.05. The number of rotatable bonds is 7. The summed E-state index contributed by atoms with van der Waals surface area (Å²) in [5, 5.41) is 11.4. The van der Waals surface area contributed by atoms with Crippen molar-refractivity contribution >= 4 is 18.4 Å². The minimum absolute atomic E-state index is 0.302. The number of anilines is 1. The Bertz CT molecular complexity index is 743. The fourth-order valence-electron chi connectivity index (χ4n) is 2.59. The summed E-state index contributed by atoms with van der Waals surface area (Å²) in [6, 6.07) is 14.2. The number of benzene rings is 2. The van der Waals surface area contributed by atoms with E-state index in [1.807, 2.05) is 31.1 Å². The summed E-state index contributed by atoms with van der Waals surface area (Å²) in [5.41, 5.74) is 1.43. The third kappa shape index (κ3) is 4.24. The molecule has 2 aromatic rings. The maximum absolute atomic E-state index is 13.7. The number of ether oxygens (including phenoxy) is 1. The fourth-order valence-corrected chi connectivity index (χ4v) is 4.88. The van der Waals surface area contributed by atoms with Crippen LogP contribution in [0.1, 0.15) is 25.3 Å². The molecule has 0 unspecified atom stereocenters. The first kappa shape index (κ1) is 19.5. The summed E-state index contributed by atoms with van der Waals surface area (Å²) in [6.45, 7) is 3.60. The molecule has 0 aliphatic heterocycles. The predicted molar refractivity (Wildman–Crippen MR) is 102 cm³/mol. The number of hydrogen-bond donors (Lipinski definition) is 1. The van der Waals surface area contributed by atoms with Gasteiger partial charge < -0.3 is 19.3 Å². The highest BCUT2D eigenvalue weighted by Crippen LogP contribution is 2.59. The number of nitrogens with zero attached hydrogens (tertiary/aromatic N) is 1. The van der Waals surface area contributed by atoms with E-state index >= 15 is 0 Å². The summed E-state index contributed by atoms with van der Waals surface area (Å²) in [7, 11) is 1.81. The zero-order valence-electron chi connectivity index (χ0n) is 15.3. The molecule has 0 radical (unpaired) electrons. The maximum atomic E-state index is 13.7. The van der Waals surface area contributed by atoms with Gasteiger partial charge in [0.1, 0.15) is 5.75 Å². The lowest BCUT2D eigenvalue weighted by molar-refractivity contribution is 0.186. The lowest BCUT2D eigenvalue weighted by atomic mass is 10.2. The van der Waals surface area contributed by atoms with E-state index in [1.165, 1.54) is 7.11 Å². The van der Waals surface area contributed by atoms with Crippen molar-refractivity contribution in [2.24, 2.45) is 0 Å². The summed E-state index contributed by atoms with van der Waals surface area (Å²) < 4.78 is 24.8. The van der Waals surface area contributed by atoms with Crippen LogP contribution in [-0.4, -0.2) is 32.4 Å². The van der Waals surface area contributed by atoms with E-state index in [9.17, 15) is 9.67 Å². The minimum atomic E-state index is -3.57. The SMILES string of the molecule is COc1ccccc1[C@H](O)[P@@](=O)(OC(C)C)c1ccc(N(C)C)cc1. The van der Waals surface area contributed by atoms with Crippen molar-refractivity contribution in [1.29, 1.82) is 0 Å². The Balaban J connectivity index is 2.51. The van der Waals surface area contributed by atoms with E-state index in [0.717, 1.165) is 5.69 Å². The summed E-state index contributed by atoms with van der Waals surface area (Å²) in [6.07, 6.45) is -0.302. The second-order valence-electron chi connectivity index (χ2n) is 6.28. The highest BCUT2D eigenvalue weighted by molar-refractivity contribution is 7.67. The Kier molecular flexibility index (Phi) is 6.28. The lowest BCUT2D eigenvalue weighted by Gasteiger charge is -2.27. The van der Waals surface area contributed by atoms with Gasteiger partial charge in [0.25, 0.3) is 7.37 Å². The highest BCUT2D eigenvalue weighted by atomic mass is 31.2. The van der Waals surface area contributed by atoms with Crippen LogP contribution in [0.15, 0.2) is 48.5 Å². The van der Waals surface area contributed by atoms with Crippen LogP contribution < -0.4 is 14.9 Å². The fraction of sp³-hybridized carbons (Fsp3) is 0.368. The molecule has 2 rings (SSSR count). The average Bonchev–Trinajstić information content (AvgIpc) is 2.60. The van der Waals surface area contributed by atoms with Crippen LogP contribution in [0.3, 0.4) is 0 Å². The van der Waals surface area contributed by atoms with E-state index in [4.69, 9.17) is 9.26 Å². The van der Waals surface area contributed by atoms with Gasteiger partial charge in [-0.2, -0.15) is 0 Å². The third-order valence-electron chi connectivity index (χ3n) is 3.83. The number of methoxy groups -OCH3 is 1. The summed E-state index contributed by atoms with van der Waals surface area (Å²) in [4.78, 5) is 1.95. The molecular formula is C19H26NO4P. The van der Waals surface area contributed by atoms with E-state index in [2.05, 4.69) is 0 Å². The van der Waals surface area contributed by atoms with E-state index in [0.29, 0.717) is 16.6 Å². The number of aliphatic hydroxyl groups excluding tert-OH is 1. The Morgan fingerprint density at radius 1 is 1.04 bits per heavy atom. The van der Waals surface area contributed by atoms with Crippen LogP contribution >= 0.6 is 7.37 Å². The molecule has 0 spiro atoms. The highest BCUT2D eigenvalue weighted by Gasteiger charge is 2.38. The molecule has 25 heavy (non-hydrogen) atoms. The minimum Gasteiger partial charge on any atom is -0.496 e. The first-order valence-electron chi connectivity index (χ1n) is 8.16. The van der Waals surface area contributed by atoms with Crippen LogP contribution in [-0.2, 0) is 9.09 Å². The molecule has 0 saturated heterocycles. The Morgan fingerprint density at radius 3 is 2.16 bits per heavy atom. The number of aliphatic hydroxyl groups is 1. The van der Waals surface area contributed by atoms with Crippen molar-refractivity contribution in [2.45, 2.75) is 25.8 Å². The van der Waals surface area contributed by atoms with Crippen molar-refractivity contribution < 1.29 is 18.9 Å². The van der Waals surface area contributed by atoms with Gasteiger partial charge in [-0.25, -0.2) is 0 Å². The Morgan fingerprint density at radius 2 is 1.64 bits per heavy atom. The van der Waals surface area contributed by atoms with Crippen LogP contribution in [0.4, 0.5) is 5.69 Å². The zero-order valence-corrected chi connectivity index (χ0v) is 16.2. The number of hydrogen-bond acceptors (Lipinski definition) is 5. The standard InChI is InChI=1S/C19H26NO4P/c1-14(2)24-25(22,16-12-10-15(11-13-16)20(3)4)19(21)17-8-6-7-9-18(17)23-5/h6-14,19,21H,1-5H3/t19-,25+/m1/s1. The van der Waals surface area contributed by atoms with Crippen LogP contribution in [0.25, 0.3) is 0 Å². The molecule has 1 N–H and O–H groups in total. The van der Waals surface area contributed by atoms with Crippen molar-refractivity contribution in [3.8, 4) is 5.75 Å². The van der Waals surface area contributed by atoms with Crippen molar-refractivity contribution in [3.63, 3.8) is 0 Å². The van der Waals surface area contributed by atoms with Crippen LogP contribution in [0.2, 0.25) is 0 Å². The monoisotopic (exact) mass is 363 g/mol. The molecule has 0 aliphatic carbocycles. The van der Waals surface area contributed by atoms with Crippen LogP contribution in [0.5, 0.6) is 5.75 Å². The third-order valence-corrected chi connectivity index (χ3v) is 6.51. The number of para-hydroxylation sites is 1. The molecular weight excluding hydrogens is 337 g/mol. The van der Waals surface area contributed by atoms with Crippen molar-refractivity contribution in [2.75, 3.05) is 26.1 Å². The Hall–Kier alpha value is -1.81. The maximum Gasteiger partial charge on any atom is 0.264 e. The molecule has 0 bridgehead atoms. The Labute approximate surface area is 149 Å². The second-order valence-corrected chi connectivity index (χ2v) is 8.69. The summed E-state index contributed by atoms with van der Waals surface area (Å²) in [5.74, 6) is -0.830. The van der Waals surface area contributed by atoms with Gasteiger partial charge in [0.15, 0.2) is 5.85 Å². The van der Waals surface area contributed by atoms with Crippen molar-refractivity contribution in [3.05, 3.63) is 54.1 Å². The topological polar surface area (TPSA) is 59.0 Å². The molecule has 0 amide bonds. The molecule has 0 saturated carbocycles. The summed E-state index contributed by atoms with van der Waals surface area (Å²) >= 11 is 0. The van der Waals surface area contributed by atoms with Gasteiger partial charge in [-0.3, -0.25) is 4.57 Å². The first-order chi connectivity index (χ1) is 11.8. The van der Waals surface area contributed by atoms with E-state index in [1.54, 1.807) is 50.2 Å². The molecule has 6 heteroatoms. The molecule has 2 atom stereocenters. The predicted octanol–water partition coefficient (Wildman–Crippen LogP) is 3.78. The van der Waals surface area contributed by atoms with Gasteiger partial charge in [0.2, 0.25) is 0 Å². The molecule has 0 aliphatic rings.